The van der Waals surface area contributed by atoms with Gasteiger partial charge in [0.25, 0.3) is 5.89 Å². The number of hydrogen-bond acceptors (Lipinski definition) is 7. The third-order valence-electron chi connectivity index (χ3n) is 3.70. The summed E-state index contributed by atoms with van der Waals surface area (Å²) < 4.78 is 20.9. The molecule has 0 saturated heterocycles. The molecule has 0 radical (unpaired) electrons. The van der Waals surface area contributed by atoms with Crippen molar-refractivity contribution in [2.75, 3.05) is 21.3 Å². The predicted octanol–water partition coefficient (Wildman–Crippen LogP) is 3.06. The van der Waals surface area contributed by atoms with E-state index in [0.717, 1.165) is 5.56 Å². The summed E-state index contributed by atoms with van der Waals surface area (Å²) in [6, 6.07) is 10.5. The Morgan fingerprint density at radius 3 is 2.40 bits per heavy atom. The first-order valence-electron chi connectivity index (χ1n) is 7.55. The molecule has 0 aliphatic rings. The number of ether oxygens (including phenoxy) is 3. The first-order valence-corrected chi connectivity index (χ1v) is 7.55. The molecule has 2 aromatic carbocycles. The van der Waals surface area contributed by atoms with Gasteiger partial charge >= 0.3 is 0 Å². The van der Waals surface area contributed by atoms with E-state index in [1.165, 1.54) is 13.2 Å². The summed E-state index contributed by atoms with van der Waals surface area (Å²) in [4.78, 5) is 4.39. The molecule has 0 bridgehead atoms. The van der Waals surface area contributed by atoms with E-state index in [1.54, 1.807) is 26.4 Å². The van der Waals surface area contributed by atoms with E-state index in [4.69, 9.17) is 18.7 Å². The standard InChI is InChI=1S/C18H18N2O5/c1-22-14-7-4-11(8-16(14)24-3)9-17-19-18(25-20-17)12-5-6-13(21)15(10-12)23-2/h4-8,10,21H,9H2,1-3H3. The molecule has 0 spiro atoms. The molecule has 0 atom stereocenters. The lowest BCUT2D eigenvalue weighted by Gasteiger charge is -2.08. The number of benzene rings is 2. The van der Waals surface area contributed by atoms with Gasteiger partial charge in [0.15, 0.2) is 28.8 Å². The van der Waals surface area contributed by atoms with E-state index in [1.807, 2.05) is 18.2 Å². The van der Waals surface area contributed by atoms with Crippen LogP contribution in [0.25, 0.3) is 11.5 Å². The lowest BCUT2D eigenvalue weighted by atomic mass is 10.1. The Morgan fingerprint density at radius 2 is 1.68 bits per heavy atom. The van der Waals surface area contributed by atoms with Crippen LogP contribution in [0, 0.1) is 0 Å². The van der Waals surface area contributed by atoms with E-state index in [2.05, 4.69) is 10.1 Å². The van der Waals surface area contributed by atoms with E-state index in [-0.39, 0.29) is 5.75 Å². The number of nitrogens with zero attached hydrogens (tertiary/aromatic N) is 2. The quantitative estimate of drug-likeness (QED) is 0.736. The molecule has 25 heavy (non-hydrogen) atoms. The molecular weight excluding hydrogens is 324 g/mol. The van der Waals surface area contributed by atoms with Gasteiger partial charge < -0.3 is 23.8 Å². The van der Waals surface area contributed by atoms with Crippen LogP contribution in [0.5, 0.6) is 23.0 Å². The minimum Gasteiger partial charge on any atom is -0.504 e. The van der Waals surface area contributed by atoms with Crippen molar-refractivity contribution in [3.63, 3.8) is 0 Å². The summed E-state index contributed by atoms with van der Waals surface area (Å²) in [5.41, 5.74) is 1.63. The van der Waals surface area contributed by atoms with Crippen molar-refractivity contribution in [3.8, 4) is 34.5 Å². The van der Waals surface area contributed by atoms with Gasteiger partial charge in [0, 0.05) is 12.0 Å². The first kappa shape index (κ1) is 16.6. The third-order valence-corrected chi connectivity index (χ3v) is 3.70. The molecule has 0 amide bonds. The Balaban J connectivity index is 1.82. The number of hydrogen-bond donors (Lipinski definition) is 1. The van der Waals surface area contributed by atoms with Crippen LogP contribution < -0.4 is 14.2 Å². The van der Waals surface area contributed by atoms with Crippen molar-refractivity contribution in [2.24, 2.45) is 0 Å². The van der Waals surface area contributed by atoms with Gasteiger partial charge in [-0.3, -0.25) is 0 Å². The Kier molecular flexibility index (Phi) is 4.74. The van der Waals surface area contributed by atoms with Crippen LogP contribution >= 0.6 is 0 Å². The highest BCUT2D eigenvalue weighted by molar-refractivity contribution is 5.59. The summed E-state index contributed by atoms with van der Waals surface area (Å²) in [7, 11) is 4.66. The Morgan fingerprint density at radius 1 is 0.920 bits per heavy atom. The second kappa shape index (κ2) is 7.12. The summed E-state index contributed by atoms with van der Waals surface area (Å²) >= 11 is 0. The number of phenolic OH excluding ortho intramolecular Hbond substituents is 1. The van der Waals surface area contributed by atoms with Gasteiger partial charge in [-0.1, -0.05) is 11.2 Å². The minimum absolute atomic E-state index is 0.0521. The van der Waals surface area contributed by atoms with E-state index < -0.39 is 0 Å². The topological polar surface area (TPSA) is 86.8 Å². The molecule has 1 N–H and O–H groups in total. The molecule has 3 aromatic rings. The number of methoxy groups -OCH3 is 3. The molecule has 0 fully saturated rings. The molecule has 7 nitrogen and oxygen atoms in total. The van der Waals surface area contributed by atoms with Crippen LogP contribution in [0.1, 0.15) is 11.4 Å². The second-order valence-corrected chi connectivity index (χ2v) is 5.27. The zero-order chi connectivity index (χ0) is 17.8. The van der Waals surface area contributed by atoms with Gasteiger partial charge in [-0.25, -0.2) is 0 Å². The fourth-order valence-electron chi connectivity index (χ4n) is 2.43. The molecule has 130 valence electrons. The van der Waals surface area contributed by atoms with Gasteiger partial charge in [0.05, 0.1) is 21.3 Å². The zero-order valence-electron chi connectivity index (χ0n) is 14.1. The summed E-state index contributed by atoms with van der Waals surface area (Å²) in [5, 5.41) is 13.7. The van der Waals surface area contributed by atoms with E-state index in [9.17, 15) is 5.11 Å². The molecule has 0 aliphatic heterocycles. The Bertz CT molecular complexity index is 876. The van der Waals surface area contributed by atoms with Crippen LogP contribution in [-0.4, -0.2) is 36.6 Å². The summed E-state index contributed by atoms with van der Waals surface area (Å²) in [5.74, 6) is 2.60. The van der Waals surface area contributed by atoms with E-state index >= 15 is 0 Å². The maximum atomic E-state index is 9.66. The SMILES string of the molecule is COc1cc(-c2nc(Cc3ccc(OC)c(OC)c3)no2)ccc1O. The lowest BCUT2D eigenvalue weighted by molar-refractivity contribution is 0.354. The zero-order valence-corrected chi connectivity index (χ0v) is 14.1. The lowest BCUT2D eigenvalue weighted by Crippen LogP contribution is -1.95. The van der Waals surface area contributed by atoms with Crippen LogP contribution in [0.4, 0.5) is 0 Å². The van der Waals surface area contributed by atoms with Crippen LogP contribution in [-0.2, 0) is 6.42 Å². The molecule has 1 aromatic heterocycles. The predicted molar refractivity (Wildman–Crippen MR) is 90.3 cm³/mol. The molecule has 0 saturated carbocycles. The average Bonchev–Trinajstić information content (AvgIpc) is 3.10. The van der Waals surface area contributed by atoms with Gasteiger partial charge in [0.2, 0.25) is 0 Å². The highest BCUT2D eigenvalue weighted by atomic mass is 16.5. The normalized spacial score (nSPS) is 10.5. The monoisotopic (exact) mass is 342 g/mol. The van der Waals surface area contributed by atoms with Crippen molar-refractivity contribution >= 4 is 0 Å². The molecule has 3 rings (SSSR count). The fraction of sp³-hybridized carbons (Fsp3) is 0.222. The van der Waals surface area contributed by atoms with Gasteiger partial charge in [-0.2, -0.15) is 4.98 Å². The van der Waals surface area contributed by atoms with Crippen molar-refractivity contribution in [2.45, 2.75) is 6.42 Å². The minimum atomic E-state index is 0.0521. The maximum Gasteiger partial charge on any atom is 0.258 e. The second-order valence-electron chi connectivity index (χ2n) is 5.27. The highest BCUT2D eigenvalue weighted by Gasteiger charge is 2.13. The van der Waals surface area contributed by atoms with Crippen molar-refractivity contribution in [3.05, 3.63) is 47.8 Å². The number of aromatic hydroxyl groups is 1. The highest BCUT2D eigenvalue weighted by Crippen LogP contribution is 2.31. The Hall–Kier alpha value is -3.22. The third kappa shape index (κ3) is 3.50. The van der Waals surface area contributed by atoms with Gasteiger partial charge in [-0.05, 0) is 35.9 Å². The molecular formula is C18H18N2O5. The van der Waals surface area contributed by atoms with E-state index in [0.29, 0.717) is 40.9 Å². The van der Waals surface area contributed by atoms with Crippen molar-refractivity contribution in [1.29, 1.82) is 0 Å². The van der Waals surface area contributed by atoms with Gasteiger partial charge in [0.1, 0.15) is 0 Å². The fourth-order valence-corrected chi connectivity index (χ4v) is 2.43. The van der Waals surface area contributed by atoms with Crippen molar-refractivity contribution < 1.29 is 23.8 Å². The first-order chi connectivity index (χ1) is 12.1. The molecule has 0 aliphatic carbocycles. The Labute approximate surface area is 144 Å². The number of phenols is 1. The molecule has 7 heteroatoms. The summed E-state index contributed by atoms with van der Waals surface area (Å²) in [6.45, 7) is 0. The largest absolute Gasteiger partial charge is 0.504 e. The van der Waals surface area contributed by atoms with Crippen LogP contribution in [0.15, 0.2) is 40.9 Å². The smallest absolute Gasteiger partial charge is 0.258 e. The number of rotatable bonds is 6. The number of aromatic nitrogens is 2. The van der Waals surface area contributed by atoms with Crippen molar-refractivity contribution in [1.82, 2.24) is 10.1 Å². The van der Waals surface area contributed by atoms with Crippen LogP contribution in [0.2, 0.25) is 0 Å². The average molecular weight is 342 g/mol. The molecule has 0 unspecified atom stereocenters. The summed E-state index contributed by atoms with van der Waals surface area (Å²) in [6.07, 6.45) is 0.485. The maximum absolute atomic E-state index is 9.66. The molecule has 1 heterocycles. The van der Waals surface area contributed by atoms with Gasteiger partial charge in [-0.15, -0.1) is 0 Å². The van der Waals surface area contributed by atoms with Crippen LogP contribution in [0.3, 0.4) is 0 Å².